The molecule has 142 valence electrons. The second kappa shape index (κ2) is 7.57. The van der Waals surface area contributed by atoms with E-state index in [1.165, 1.54) is 0 Å². The summed E-state index contributed by atoms with van der Waals surface area (Å²) in [5.41, 5.74) is 1.78. The summed E-state index contributed by atoms with van der Waals surface area (Å²) in [5.74, 6) is 1.20. The lowest BCUT2D eigenvalue weighted by Gasteiger charge is -2.04. The van der Waals surface area contributed by atoms with E-state index in [-0.39, 0.29) is 5.91 Å². The molecule has 0 fully saturated rings. The van der Waals surface area contributed by atoms with Crippen LogP contribution in [0.1, 0.15) is 21.3 Å². The lowest BCUT2D eigenvalue weighted by molar-refractivity contribution is 0.0963. The van der Waals surface area contributed by atoms with Gasteiger partial charge in [-0.2, -0.15) is 0 Å². The number of carbonyl (C=O) groups excluding carboxylic acids is 1. The maximum absolute atomic E-state index is 11.9. The molecule has 4 rings (SSSR count). The minimum absolute atomic E-state index is 0.282. The van der Waals surface area contributed by atoms with Crippen molar-refractivity contribution in [3.8, 4) is 17.2 Å². The van der Waals surface area contributed by atoms with Gasteiger partial charge in [0, 0.05) is 12.6 Å². The molecule has 2 aromatic carbocycles. The minimum Gasteiger partial charge on any atom is -0.494 e. The third-order valence-electron chi connectivity index (χ3n) is 4.10. The Bertz CT molecular complexity index is 1170. The van der Waals surface area contributed by atoms with Crippen LogP contribution >= 0.6 is 22.9 Å². The number of halogens is 1. The fourth-order valence-electron chi connectivity index (χ4n) is 2.75. The minimum atomic E-state index is -0.282. The Morgan fingerprint density at radius 1 is 1.29 bits per heavy atom. The number of ether oxygens (including phenoxy) is 1. The molecule has 7 nitrogen and oxygen atoms in total. The van der Waals surface area contributed by atoms with Gasteiger partial charge in [0.05, 0.1) is 28.8 Å². The van der Waals surface area contributed by atoms with Crippen LogP contribution in [0.4, 0.5) is 0 Å². The summed E-state index contributed by atoms with van der Waals surface area (Å²) < 4.78 is 12.2. The smallest absolute Gasteiger partial charge is 0.252 e. The van der Waals surface area contributed by atoms with Crippen LogP contribution in [-0.4, -0.2) is 35.2 Å². The van der Waals surface area contributed by atoms with E-state index in [0.717, 1.165) is 21.0 Å². The number of thiazole rings is 1. The van der Waals surface area contributed by atoms with Crippen molar-refractivity contribution in [1.82, 2.24) is 20.5 Å². The molecular weight excluding hydrogens is 400 g/mol. The molecule has 0 aliphatic rings. The summed E-state index contributed by atoms with van der Waals surface area (Å²) >= 11 is 7.64. The third-order valence-corrected chi connectivity index (χ3v) is 5.45. The van der Waals surface area contributed by atoms with Crippen LogP contribution in [0.3, 0.4) is 0 Å². The molecule has 0 spiro atoms. The number of benzene rings is 2. The van der Waals surface area contributed by atoms with Gasteiger partial charge in [0.25, 0.3) is 5.91 Å². The molecule has 0 bridgehead atoms. The number of amides is 1. The summed E-state index contributed by atoms with van der Waals surface area (Å²) in [6, 6.07) is 10.8. The third kappa shape index (κ3) is 3.44. The molecule has 0 saturated heterocycles. The first kappa shape index (κ1) is 18.4. The van der Waals surface area contributed by atoms with Crippen molar-refractivity contribution < 1.29 is 13.9 Å². The Labute approximate surface area is 169 Å². The maximum atomic E-state index is 11.9. The van der Waals surface area contributed by atoms with Gasteiger partial charge < -0.3 is 14.5 Å². The summed E-state index contributed by atoms with van der Waals surface area (Å²) in [6.45, 7) is 0. The zero-order valence-corrected chi connectivity index (χ0v) is 16.6. The molecule has 0 unspecified atom stereocenters. The van der Waals surface area contributed by atoms with Gasteiger partial charge in [0.1, 0.15) is 16.3 Å². The first-order valence-electron chi connectivity index (χ1n) is 8.36. The normalized spacial score (nSPS) is 11.0. The predicted molar refractivity (Wildman–Crippen MR) is 107 cm³/mol. The fraction of sp³-hybridized carbons (Fsp3) is 0.158. The summed E-state index contributed by atoms with van der Waals surface area (Å²) in [6.07, 6.45) is 0.408. The van der Waals surface area contributed by atoms with Crippen molar-refractivity contribution in [2.75, 3.05) is 14.2 Å². The highest BCUT2D eigenvalue weighted by Gasteiger charge is 2.16. The number of para-hydroxylation sites is 1. The quantitative estimate of drug-likeness (QED) is 0.531. The van der Waals surface area contributed by atoms with Crippen LogP contribution in [0.2, 0.25) is 5.02 Å². The lowest BCUT2D eigenvalue weighted by Crippen LogP contribution is -2.18. The number of hydrogen-bond acceptors (Lipinski definition) is 7. The Kier molecular flexibility index (Phi) is 4.97. The number of hydrogen-bond donors (Lipinski definition) is 1. The van der Waals surface area contributed by atoms with Gasteiger partial charge >= 0.3 is 0 Å². The van der Waals surface area contributed by atoms with Crippen LogP contribution in [0.5, 0.6) is 5.75 Å². The van der Waals surface area contributed by atoms with E-state index < -0.39 is 0 Å². The van der Waals surface area contributed by atoms with E-state index >= 15 is 0 Å². The fourth-order valence-corrected chi connectivity index (χ4v) is 3.93. The number of rotatable bonds is 5. The molecule has 2 heterocycles. The molecule has 0 radical (unpaired) electrons. The molecule has 4 aromatic rings. The lowest BCUT2D eigenvalue weighted by atomic mass is 10.1. The standard InChI is InChI=1S/C19H15ClN4O3S/c1-21-18(25)11-8-10(6-7-12(11)20)19-24-23-15(27-19)9-16-22-17-13(26-2)4-3-5-14(17)28-16/h3-8H,9H2,1-2H3,(H,21,25). The van der Waals surface area contributed by atoms with Crippen LogP contribution in [0.25, 0.3) is 21.7 Å². The Morgan fingerprint density at radius 3 is 2.93 bits per heavy atom. The SMILES string of the molecule is CNC(=O)c1cc(-c2nnc(Cc3nc4c(OC)cccc4s3)o2)ccc1Cl. The predicted octanol–water partition coefficient (Wildman–Crippen LogP) is 3.96. The highest BCUT2D eigenvalue weighted by atomic mass is 35.5. The first-order chi connectivity index (χ1) is 13.6. The van der Waals surface area contributed by atoms with E-state index in [0.29, 0.717) is 34.4 Å². The number of nitrogens with one attached hydrogen (secondary N) is 1. The number of methoxy groups -OCH3 is 1. The van der Waals surface area contributed by atoms with Crippen LogP contribution in [-0.2, 0) is 6.42 Å². The van der Waals surface area contributed by atoms with Gasteiger partial charge in [-0.1, -0.05) is 17.7 Å². The van der Waals surface area contributed by atoms with Crippen LogP contribution in [0, 0.1) is 0 Å². The van der Waals surface area contributed by atoms with Gasteiger partial charge in [0.15, 0.2) is 0 Å². The summed E-state index contributed by atoms with van der Waals surface area (Å²) in [5, 5.41) is 11.9. The summed E-state index contributed by atoms with van der Waals surface area (Å²) in [7, 11) is 3.17. The van der Waals surface area contributed by atoms with Gasteiger partial charge in [-0.05, 0) is 30.3 Å². The molecule has 0 aliphatic heterocycles. The Morgan fingerprint density at radius 2 is 2.14 bits per heavy atom. The van der Waals surface area contributed by atoms with Crippen LogP contribution in [0.15, 0.2) is 40.8 Å². The second-order valence-corrected chi connectivity index (χ2v) is 7.39. The topological polar surface area (TPSA) is 90.1 Å². The number of carbonyl (C=O) groups is 1. The number of nitrogens with zero attached hydrogens (tertiary/aromatic N) is 3. The monoisotopic (exact) mass is 414 g/mol. The van der Waals surface area contributed by atoms with Crippen molar-refractivity contribution in [3.05, 3.63) is 57.9 Å². The molecule has 1 N–H and O–H groups in total. The van der Waals surface area contributed by atoms with E-state index in [4.69, 9.17) is 20.8 Å². The first-order valence-corrected chi connectivity index (χ1v) is 9.55. The van der Waals surface area contributed by atoms with Crippen molar-refractivity contribution >= 4 is 39.1 Å². The molecule has 9 heteroatoms. The molecular formula is C19H15ClN4O3S. The van der Waals surface area contributed by atoms with Gasteiger partial charge in [-0.15, -0.1) is 21.5 Å². The molecule has 2 aromatic heterocycles. The highest BCUT2D eigenvalue weighted by Crippen LogP contribution is 2.31. The molecule has 0 atom stereocenters. The van der Waals surface area contributed by atoms with Crippen molar-refractivity contribution in [2.24, 2.45) is 0 Å². The molecule has 1 amide bonds. The highest BCUT2D eigenvalue weighted by molar-refractivity contribution is 7.18. The molecule has 28 heavy (non-hydrogen) atoms. The van der Waals surface area contributed by atoms with Crippen molar-refractivity contribution in [3.63, 3.8) is 0 Å². The average Bonchev–Trinajstić information content (AvgIpc) is 3.34. The zero-order valence-electron chi connectivity index (χ0n) is 15.0. The molecule has 0 aliphatic carbocycles. The van der Waals surface area contributed by atoms with E-state index in [9.17, 15) is 4.79 Å². The molecule has 0 saturated carbocycles. The average molecular weight is 415 g/mol. The Balaban J connectivity index is 1.61. The number of aromatic nitrogens is 3. The van der Waals surface area contributed by atoms with Gasteiger partial charge in [0.2, 0.25) is 11.8 Å². The Hall–Kier alpha value is -2.97. The van der Waals surface area contributed by atoms with Crippen LogP contribution < -0.4 is 10.1 Å². The zero-order chi connectivity index (χ0) is 19.7. The van der Waals surface area contributed by atoms with Gasteiger partial charge in [-0.3, -0.25) is 4.79 Å². The van der Waals surface area contributed by atoms with Gasteiger partial charge in [-0.25, -0.2) is 4.98 Å². The van der Waals surface area contributed by atoms with E-state index in [1.54, 1.807) is 43.7 Å². The van der Waals surface area contributed by atoms with Crippen molar-refractivity contribution in [2.45, 2.75) is 6.42 Å². The van der Waals surface area contributed by atoms with Crippen molar-refractivity contribution in [1.29, 1.82) is 0 Å². The van der Waals surface area contributed by atoms with E-state index in [2.05, 4.69) is 20.5 Å². The summed E-state index contributed by atoms with van der Waals surface area (Å²) in [4.78, 5) is 16.5. The largest absolute Gasteiger partial charge is 0.494 e. The number of fused-ring (bicyclic) bond motifs is 1. The maximum Gasteiger partial charge on any atom is 0.252 e. The second-order valence-electron chi connectivity index (χ2n) is 5.87. The van der Waals surface area contributed by atoms with E-state index in [1.807, 2.05) is 18.2 Å².